The fourth-order valence-corrected chi connectivity index (χ4v) is 5.94. The van der Waals surface area contributed by atoms with Crippen molar-refractivity contribution in [3.05, 3.63) is 41.5 Å². The highest BCUT2D eigenvalue weighted by Crippen LogP contribution is 2.20. The number of hydrogen-bond acceptors (Lipinski definition) is 10. The van der Waals surface area contributed by atoms with Crippen LogP contribution in [0.4, 0.5) is 17.6 Å². The molecule has 1 amide bonds. The van der Waals surface area contributed by atoms with Gasteiger partial charge in [-0.15, -0.1) is 0 Å². The summed E-state index contributed by atoms with van der Waals surface area (Å²) in [6.45, 7) is 9.92. The average molecular weight is 580 g/mol. The fraction of sp³-hybridized carbons (Fsp3) is 0.645. The predicted octanol–water partition coefficient (Wildman–Crippen LogP) is 2.05. The number of carbonyl (C=O) groups excluding carboxylic acids is 1. The number of nitrogens with zero attached hydrogens (tertiary/aromatic N) is 5. The molecule has 42 heavy (non-hydrogen) atoms. The zero-order valence-corrected chi connectivity index (χ0v) is 25.0. The van der Waals surface area contributed by atoms with Gasteiger partial charge in [0.2, 0.25) is 11.9 Å². The third-order valence-corrected chi connectivity index (χ3v) is 8.52. The van der Waals surface area contributed by atoms with Crippen molar-refractivity contribution in [2.45, 2.75) is 57.7 Å². The van der Waals surface area contributed by atoms with Gasteiger partial charge >= 0.3 is 0 Å². The lowest BCUT2D eigenvalue weighted by atomic mass is 9.95. The van der Waals surface area contributed by atoms with Crippen molar-refractivity contribution in [1.82, 2.24) is 30.4 Å². The van der Waals surface area contributed by atoms with Crippen molar-refractivity contribution in [2.75, 3.05) is 88.1 Å². The molecule has 5 rings (SSSR count). The number of rotatable bonds is 13. The van der Waals surface area contributed by atoms with Crippen LogP contribution in [0, 0.1) is 0 Å². The Morgan fingerprint density at radius 1 is 0.905 bits per heavy atom. The molecule has 0 bridgehead atoms. The first-order valence-electron chi connectivity index (χ1n) is 15.9. The second-order valence-electron chi connectivity index (χ2n) is 11.7. The number of nitrogens with one attached hydrogen (secondary N) is 3. The molecule has 3 fully saturated rings. The molecule has 1 saturated carbocycles. The van der Waals surface area contributed by atoms with Gasteiger partial charge in [-0.05, 0) is 43.5 Å². The molecule has 0 unspecified atom stereocenters. The van der Waals surface area contributed by atoms with Gasteiger partial charge in [-0.2, -0.15) is 9.97 Å². The molecule has 1 aromatic carbocycles. The minimum absolute atomic E-state index is 0.185. The summed E-state index contributed by atoms with van der Waals surface area (Å²) in [5.41, 5.74) is 8.58. The molecule has 0 radical (unpaired) electrons. The molecule has 230 valence electrons. The van der Waals surface area contributed by atoms with E-state index in [1.807, 2.05) is 11.0 Å². The smallest absolute Gasteiger partial charge is 0.236 e. The van der Waals surface area contributed by atoms with E-state index < -0.39 is 0 Å². The molecule has 3 aliphatic rings. The molecule has 1 aliphatic carbocycles. The maximum absolute atomic E-state index is 12.8. The van der Waals surface area contributed by atoms with Gasteiger partial charge in [-0.3, -0.25) is 9.69 Å². The summed E-state index contributed by atoms with van der Waals surface area (Å²) >= 11 is 0. The standard InChI is InChI=1S/C31H49N9O2/c32-28-21-29(39-13-15-40(16-14-39)30(41)24-38-17-19-42-20-18-38)37-31(36-28)35-23-26-9-7-25(8-10-26)22-33-11-4-12-34-27-5-2-1-3-6-27/h7-10,21,27,33-34H,1-6,11-20,22-24H2,(H3,32,35,36,37). The minimum Gasteiger partial charge on any atom is -0.383 e. The third kappa shape index (κ3) is 9.52. The molecule has 2 aromatic rings. The Balaban J connectivity index is 1.01. The molecule has 2 saturated heterocycles. The Labute approximate surface area is 250 Å². The van der Waals surface area contributed by atoms with E-state index in [2.05, 4.69) is 55.0 Å². The van der Waals surface area contributed by atoms with E-state index in [1.165, 1.54) is 37.7 Å². The van der Waals surface area contributed by atoms with Gasteiger partial charge in [0.05, 0.1) is 19.8 Å². The number of amides is 1. The largest absolute Gasteiger partial charge is 0.383 e. The zero-order chi connectivity index (χ0) is 29.0. The number of nitrogen functional groups attached to an aromatic ring is 1. The summed E-state index contributed by atoms with van der Waals surface area (Å²) in [5.74, 6) is 1.93. The molecule has 0 atom stereocenters. The van der Waals surface area contributed by atoms with E-state index in [0.29, 0.717) is 51.2 Å². The molecular formula is C31H49N9O2. The van der Waals surface area contributed by atoms with E-state index in [1.54, 1.807) is 0 Å². The number of carbonyl (C=O) groups is 1. The van der Waals surface area contributed by atoms with Gasteiger partial charge in [0.15, 0.2) is 0 Å². The number of morpholine rings is 1. The van der Waals surface area contributed by atoms with Gasteiger partial charge in [0.25, 0.3) is 0 Å². The predicted molar refractivity (Wildman–Crippen MR) is 167 cm³/mol. The Hall–Kier alpha value is -2.99. The summed E-state index contributed by atoms with van der Waals surface area (Å²) in [7, 11) is 0. The molecule has 5 N–H and O–H groups in total. The van der Waals surface area contributed by atoms with E-state index >= 15 is 0 Å². The van der Waals surface area contributed by atoms with Crippen LogP contribution in [0.5, 0.6) is 0 Å². The van der Waals surface area contributed by atoms with Crippen molar-refractivity contribution in [3.8, 4) is 0 Å². The molecular weight excluding hydrogens is 530 g/mol. The highest BCUT2D eigenvalue weighted by Gasteiger charge is 2.24. The van der Waals surface area contributed by atoms with Crippen LogP contribution < -0.4 is 26.6 Å². The van der Waals surface area contributed by atoms with Crippen LogP contribution in [-0.4, -0.2) is 104 Å². The first-order chi connectivity index (χ1) is 20.6. The Kier molecular flexibility index (Phi) is 11.6. The lowest BCUT2D eigenvalue weighted by Gasteiger charge is -2.37. The van der Waals surface area contributed by atoms with Gasteiger partial charge in [0.1, 0.15) is 11.6 Å². The monoisotopic (exact) mass is 579 g/mol. The maximum atomic E-state index is 12.8. The summed E-state index contributed by atoms with van der Waals surface area (Å²) in [6, 6.07) is 11.2. The van der Waals surface area contributed by atoms with Gasteiger partial charge in [0, 0.05) is 64.5 Å². The number of piperazine rings is 1. The first kappa shape index (κ1) is 30.5. The van der Waals surface area contributed by atoms with Gasteiger partial charge in [-0.1, -0.05) is 43.5 Å². The van der Waals surface area contributed by atoms with Crippen LogP contribution >= 0.6 is 0 Å². The number of hydrogen-bond donors (Lipinski definition) is 4. The highest BCUT2D eigenvalue weighted by molar-refractivity contribution is 5.78. The number of aromatic nitrogens is 2. The van der Waals surface area contributed by atoms with Crippen LogP contribution in [0.2, 0.25) is 0 Å². The summed E-state index contributed by atoms with van der Waals surface area (Å²) in [4.78, 5) is 28.2. The van der Waals surface area contributed by atoms with Crippen LogP contribution in [0.25, 0.3) is 0 Å². The number of ether oxygens (including phenoxy) is 1. The number of benzene rings is 1. The third-order valence-electron chi connectivity index (χ3n) is 8.52. The maximum Gasteiger partial charge on any atom is 0.236 e. The molecule has 1 aromatic heterocycles. The fourth-order valence-electron chi connectivity index (χ4n) is 5.94. The van der Waals surface area contributed by atoms with Crippen molar-refractivity contribution in [1.29, 1.82) is 0 Å². The second-order valence-corrected chi connectivity index (χ2v) is 11.7. The number of anilines is 3. The molecule has 11 nitrogen and oxygen atoms in total. The first-order valence-corrected chi connectivity index (χ1v) is 15.9. The lowest BCUT2D eigenvalue weighted by molar-refractivity contribution is -0.133. The minimum atomic E-state index is 0.185. The van der Waals surface area contributed by atoms with Gasteiger partial charge in [-0.25, -0.2) is 0 Å². The average Bonchev–Trinajstić information content (AvgIpc) is 3.03. The normalized spacial score (nSPS) is 18.8. The van der Waals surface area contributed by atoms with E-state index in [0.717, 1.165) is 69.7 Å². The van der Waals surface area contributed by atoms with Crippen LogP contribution in [0.15, 0.2) is 30.3 Å². The summed E-state index contributed by atoms with van der Waals surface area (Å²) in [5, 5.41) is 10.6. The van der Waals surface area contributed by atoms with Crippen molar-refractivity contribution in [2.24, 2.45) is 0 Å². The van der Waals surface area contributed by atoms with E-state index in [4.69, 9.17) is 15.5 Å². The second kappa shape index (κ2) is 16.0. The highest BCUT2D eigenvalue weighted by atomic mass is 16.5. The zero-order valence-electron chi connectivity index (χ0n) is 25.0. The van der Waals surface area contributed by atoms with E-state index in [-0.39, 0.29) is 5.91 Å². The lowest BCUT2D eigenvalue weighted by Crippen LogP contribution is -2.52. The van der Waals surface area contributed by atoms with Crippen molar-refractivity contribution < 1.29 is 9.53 Å². The van der Waals surface area contributed by atoms with Crippen LogP contribution in [0.1, 0.15) is 49.7 Å². The Bertz CT molecular complexity index is 1100. The molecule has 3 heterocycles. The molecule has 2 aliphatic heterocycles. The SMILES string of the molecule is Nc1cc(N2CCN(C(=O)CN3CCOCC3)CC2)nc(NCc2ccc(CNCCCNC3CCCCC3)cc2)n1. The summed E-state index contributed by atoms with van der Waals surface area (Å²) < 4.78 is 5.39. The molecule has 11 heteroatoms. The Morgan fingerprint density at radius 2 is 1.62 bits per heavy atom. The van der Waals surface area contributed by atoms with Gasteiger partial charge < -0.3 is 36.2 Å². The van der Waals surface area contributed by atoms with E-state index in [9.17, 15) is 4.79 Å². The van der Waals surface area contributed by atoms with Crippen molar-refractivity contribution in [3.63, 3.8) is 0 Å². The van der Waals surface area contributed by atoms with Crippen LogP contribution in [0.3, 0.4) is 0 Å². The van der Waals surface area contributed by atoms with Crippen molar-refractivity contribution >= 4 is 23.5 Å². The summed E-state index contributed by atoms with van der Waals surface area (Å²) in [6.07, 6.45) is 8.01. The topological polar surface area (TPSA) is 124 Å². The molecule has 0 spiro atoms. The van der Waals surface area contributed by atoms with Crippen LogP contribution in [-0.2, 0) is 22.6 Å². The Morgan fingerprint density at radius 3 is 2.36 bits per heavy atom. The number of nitrogens with two attached hydrogens (primary N) is 1. The quantitative estimate of drug-likeness (QED) is 0.262.